The van der Waals surface area contributed by atoms with Gasteiger partial charge in [-0.2, -0.15) is 13.2 Å². The molecule has 0 aliphatic rings. The van der Waals surface area contributed by atoms with E-state index in [4.69, 9.17) is 14.3 Å². The fourth-order valence-corrected chi connectivity index (χ4v) is 1.64. The first kappa shape index (κ1) is 14.9. The molecule has 0 radical (unpaired) electrons. The molecule has 8 heteroatoms. The summed E-state index contributed by atoms with van der Waals surface area (Å²) >= 11 is 0. The number of hydrogen-bond donors (Lipinski definition) is 1. The largest absolute Gasteiger partial charge is 0.494 e. The van der Waals surface area contributed by atoms with Crippen LogP contribution >= 0.6 is 0 Å². The second kappa shape index (κ2) is 5.47. The first-order valence-corrected chi connectivity index (χ1v) is 5.87. The molecule has 0 unspecified atom stereocenters. The molecule has 0 bridgehead atoms. The van der Waals surface area contributed by atoms with Crippen LogP contribution in [0.1, 0.15) is 23.2 Å². The minimum absolute atomic E-state index is 0.219. The van der Waals surface area contributed by atoms with Crippen molar-refractivity contribution in [2.24, 2.45) is 0 Å². The van der Waals surface area contributed by atoms with Gasteiger partial charge < -0.3 is 14.3 Å². The minimum atomic E-state index is -4.90. The highest BCUT2D eigenvalue weighted by atomic mass is 19.4. The topological polar surface area (TPSA) is 72.6 Å². The predicted molar refractivity (Wildman–Crippen MR) is 65.1 cm³/mol. The second-order valence-corrected chi connectivity index (χ2v) is 3.96. The summed E-state index contributed by atoms with van der Waals surface area (Å²) in [6.45, 7) is 2.23. The molecule has 2 rings (SSSR count). The number of halogens is 3. The highest BCUT2D eigenvalue weighted by Crippen LogP contribution is 2.34. The van der Waals surface area contributed by atoms with E-state index in [2.05, 4.69) is 4.98 Å². The van der Waals surface area contributed by atoms with Crippen molar-refractivity contribution in [2.45, 2.75) is 13.1 Å². The van der Waals surface area contributed by atoms with Crippen LogP contribution in [0.25, 0.3) is 11.5 Å². The Bertz CT molecular complexity index is 646. The number of ether oxygens (including phenoxy) is 1. The standard InChI is InChI=1S/C13H10F3NO4/c1-2-20-8-5-3-7(4-6-8)11-17-10(13(14,15)16)9(21-11)12(18)19/h3-6H,2H2,1H3,(H,18,19). The van der Waals surface area contributed by atoms with E-state index < -0.39 is 29.5 Å². The van der Waals surface area contributed by atoms with Gasteiger partial charge in [0.1, 0.15) is 5.75 Å². The van der Waals surface area contributed by atoms with Crippen molar-refractivity contribution in [2.75, 3.05) is 6.61 Å². The first-order chi connectivity index (χ1) is 9.82. The second-order valence-electron chi connectivity index (χ2n) is 3.96. The minimum Gasteiger partial charge on any atom is -0.494 e. The Morgan fingerprint density at radius 2 is 1.95 bits per heavy atom. The third-order valence-electron chi connectivity index (χ3n) is 2.50. The molecule has 0 amide bonds. The number of aromatic nitrogens is 1. The number of carboxylic acid groups (broad SMARTS) is 1. The maximum atomic E-state index is 12.7. The molecule has 0 fully saturated rings. The van der Waals surface area contributed by atoms with Gasteiger partial charge in [-0.25, -0.2) is 9.78 Å². The van der Waals surface area contributed by atoms with Gasteiger partial charge in [-0.1, -0.05) is 0 Å². The van der Waals surface area contributed by atoms with Crippen molar-refractivity contribution in [3.8, 4) is 17.2 Å². The smallest absolute Gasteiger partial charge is 0.437 e. The van der Waals surface area contributed by atoms with Crippen LogP contribution in [0.3, 0.4) is 0 Å². The van der Waals surface area contributed by atoms with Gasteiger partial charge in [-0.05, 0) is 31.2 Å². The Morgan fingerprint density at radius 3 is 2.38 bits per heavy atom. The average molecular weight is 301 g/mol. The molecule has 1 aromatic carbocycles. The van der Waals surface area contributed by atoms with Crippen molar-refractivity contribution in [1.82, 2.24) is 4.98 Å². The van der Waals surface area contributed by atoms with Gasteiger partial charge in [0, 0.05) is 5.56 Å². The molecule has 5 nitrogen and oxygen atoms in total. The van der Waals surface area contributed by atoms with E-state index in [0.29, 0.717) is 12.4 Å². The summed E-state index contributed by atoms with van der Waals surface area (Å²) < 4.78 is 48.0. The van der Waals surface area contributed by atoms with Crippen LogP contribution < -0.4 is 4.74 Å². The predicted octanol–water partition coefficient (Wildman–Crippen LogP) is 3.46. The number of oxazole rings is 1. The Labute approximate surface area is 117 Å². The molecular weight excluding hydrogens is 291 g/mol. The molecule has 0 saturated carbocycles. The van der Waals surface area contributed by atoms with E-state index in [1.807, 2.05) is 0 Å². The molecule has 0 aliphatic heterocycles. The van der Waals surface area contributed by atoms with Gasteiger partial charge in [0.25, 0.3) is 0 Å². The maximum absolute atomic E-state index is 12.7. The van der Waals surface area contributed by atoms with Crippen LogP contribution in [0.5, 0.6) is 5.75 Å². The number of carboxylic acids is 1. The third-order valence-corrected chi connectivity index (χ3v) is 2.50. The van der Waals surface area contributed by atoms with E-state index in [-0.39, 0.29) is 5.56 Å². The van der Waals surface area contributed by atoms with Crippen molar-refractivity contribution in [1.29, 1.82) is 0 Å². The Kier molecular flexibility index (Phi) is 3.88. The number of benzene rings is 1. The molecule has 1 N–H and O–H groups in total. The Balaban J connectivity index is 2.43. The summed E-state index contributed by atoms with van der Waals surface area (Å²) in [6, 6.07) is 5.92. The highest BCUT2D eigenvalue weighted by Gasteiger charge is 2.41. The van der Waals surface area contributed by atoms with E-state index >= 15 is 0 Å². The van der Waals surface area contributed by atoms with Gasteiger partial charge in [0.05, 0.1) is 6.61 Å². The monoisotopic (exact) mass is 301 g/mol. The van der Waals surface area contributed by atoms with Crippen molar-refractivity contribution < 1.29 is 32.2 Å². The molecular formula is C13H10F3NO4. The van der Waals surface area contributed by atoms with Gasteiger partial charge in [0.15, 0.2) is 5.69 Å². The quantitative estimate of drug-likeness (QED) is 0.936. The van der Waals surface area contributed by atoms with Gasteiger partial charge in [0.2, 0.25) is 11.7 Å². The van der Waals surface area contributed by atoms with Crippen LogP contribution in [-0.4, -0.2) is 22.7 Å². The van der Waals surface area contributed by atoms with Gasteiger partial charge >= 0.3 is 12.1 Å². The number of rotatable bonds is 4. The highest BCUT2D eigenvalue weighted by molar-refractivity contribution is 5.86. The first-order valence-electron chi connectivity index (χ1n) is 5.87. The lowest BCUT2D eigenvalue weighted by molar-refractivity contribution is -0.141. The van der Waals surface area contributed by atoms with Crippen LogP contribution in [0.2, 0.25) is 0 Å². The number of nitrogens with zero attached hydrogens (tertiary/aromatic N) is 1. The molecule has 21 heavy (non-hydrogen) atoms. The summed E-state index contributed by atoms with van der Waals surface area (Å²) in [5, 5.41) is 8.75. The molecule has 0 aliphatic carbocycles. The van der Waals surface area contributed by atoms with Crippen molar-refractivity contribution >= 4 is 5.97 Å². The average Bonchev–Trinajstić information content (AvgIpc) is 2.85. The fourth-order valence-electron chi connectivity index (χ4n) is 1.64. The molecule has 0 saturated heterocycles. The van der Waals surface area contributed by atoms with E-state index in [9.17, 15) is 18.0 Å². The zero-order valence-electron chi connectivity index (χ0n) is 10.8. The molecule has 112 valence electrons. The number of hydrogen-bond acceptors (Lipinski definition) is 4. The summed E-state index contributed by atoms with van der Waals surface area (Å²) in [7, 11) is 0. The van der Waals surface area contributed by atoms with Crippen molar-refractivity contribution in [3.63, 3.8) is 0 Å². The van der Waals surface area contributed by atoms with Gasteiger partial charge in [-0.15, -0.1) is 0 Å². The zero-order chi connectivity index (χ0) is 15.6. The van der Waals surface area contributed by atoms with E-state index in [0.717, 1.165) is 0 Å². The molecule has 1 aromatic heterocycles. The number of aromatic carboxylic acids is 1. The fraction of sp³-hybridized carbons (Fsp3) is 0.231. The molecule has 2 aromatic rings. The molecule has 0 spiro atoms. The SMILES string of the molecule is CCOc1ccc(-c2nc(C(F)(F)F)c(C(=O)O)o2)cc1. The van der Waals surface area contributed by atoms with Crippen LogP contribution in [0, 0.1) is 0 Å². The van der Waals surface area contributed by atoms with E-state index in [1.165, 1.54) is 24.3 Å². The lowest BCUT2D eigenvalue weighted by Crippen LogP contribution is -2.11. The summed E-state index contributed by atoms with van der Waals surface area (Å²) in [5.74, 6) is -2.94. The van der Waals surface area contributed by atoms with Crippen molar-refractivity contribution in [3.05, 3.63) is 35.7 Å². The normalized spacial score (nSPS) is 11.4. The van der Waals surface area contributed by atoms with Gasteiger partial charge in [-0.3, -0.25) is 0 Å². The van der Waals surface area contributed by atoms with Crippen LogP contribution in [0.4, 0.5) is 13.2 Å². The lowest BCUT2D eigenvalue weighted by Gasteiger charge is -2.02. The Hall–Kier alpha value is -2.51. The third kappa shape index (κ3) is 3.15. The summed E-state index contributed by atoms with van der Waals surface area (Å²) in [6.07, 6.45) is -4.90. The van der Waals surface area contributed by atoms with E-state index in [1.54, 1.807) is 6.92 Å². The van der Waals surface area contributed by atoms with Crippen LogP contribution in [0.15, 0.2) is 28.7 Å². The molecule has 1 heterocycles. The lowest BCUT2D eigenvalue weighted by atomic mass is 10.2. The molecule has 0 atom stereocenters. The Morgan fingerprint density at radius 1 is 1.33 bits per heavy atom. The van der Waals surface area contributed by atoms with Crippen LogP contribution in [-0.2, 0) is 6.18 Å². The summed E-state index contributed by atoms with van der Waals surface area (Å²) in [4.78, 5) is 14.0. The zero-order valence-corrected chi connectivity index (χ0v) is 10.8. The number of alkyl halides is 3. The maximum Gasteiger partial charge on any atom is 0.437 e. The summed E-state index contributed by atoms with van der Waals surface area (Å²) in [5.41, 5.74) is -1.34. The number of carbonyl (C=O) groups is 1.